The molecule has 0 aliphatic heterocycles. The lowest BCUT2D eigenvalue weighted by molar-refractivity contribution is -0.139. The monoisotopic (exact) mass is 524 g/mol. The first-order chi connectivity index (χ1) is 16.9. The third kappa shape index (κ3) is 5.95. The summed E-state index contributed by atoms with van der Waals surface area (Å²) in [5.41, 5.74) is -1.03. The maximum Gasteiger partial charge on any atom is 0.419 e. The van der Waals surface area contributed by atoms with Gasteiger partial charge in [-0.2, -0.15) is 21.6 Å². The molecule has 0 saturated carbocycles. The molecular weight excluding hydrogens is 508 g/mol. The van der Waals surface area contributed by atoms with Gasteiger partial charge in [0.25, 0.3) is 10.1 Å². The van der Waals surface area contributed by atoms with E-state index in [1.165, 1.54) is 29.2 Å². The number of halogens is 4. The van der Waals surface area contributed by atoms with E-state index in [0.717, 1.165) is 12.3 Å². The molecule has 0 bridgehead atoms. The van der Waals surface area contributed by atoms with Gasteiger partial charge in [0.05, 0.1) is 23.0 Å². The summed E-state index contributed by atoms with van der Waals surface area (Å²) in [5.74, 6) is -0.994. The Morgan fingerprint density at radius 2 is 1.86 bits per heavy atom. The largest absolute Gasteiger partial charge is 0.439 e. The van der Waals surface area contributed by atoms with E-state index in [2.05, 4.69) is 19.5 Å². The van der Waals surface area contributed by atoms with Crippen molar-refractivity contribution in [3.05, 3.63) is 78.1 Å². The number of alkyl halides is 3. The van der Waals surface area contributed by atoms with Crippen LogP contribution in [0.15, 0.2) is 61.1 Å². The first-order valence-electron chi connectivity index (χ1n) is 10.0. The Hall–Kier alpha value is -4.04. The molecule has 2 heterocycles. The number of rotatable bonds is 6. The molecule has 0 unspecified atom stereocenters. The lowest BCUT2D eigenvalue weighted by Crippen LogP contribution is -2.19. The number of nitrogens with zero attached hydrogens (tertiary/aromatic N) is 3. The maximum absolute atomic E-state index is 13.5. The van der Waals surface area contributed by atoms with E-state index in [1.54, 1.807) is 18.2 Å². The summed E-state index contributed by atoms with van der Waals surface area (Å²) < 4.78 is 86.1. The Bertz CT molecular complexity index is 1550. The number of amides is 1. The van der Waals surface area contributed by atoms with Gasteiger partial charge in [-0.15, -0.1) is 0 Å². The zero-order chi connectivity index (χ0) is 26.1. The summed E-state index contributed by atoms with van der Waals surface area (Å²) >= 11 is 0. The zero-order valence-electron chi connectivity index (χ0n) is 18.3. The second-order valence-corrected chi connectivity index (χ2v) is 9.09. The van der Waals surface area contributed by atoms with Crippen LogP contribution in [0.5, 0.6) is 11.6 Å². The Kier molecular flexibility index (Phi) is 6.65. The van der Waals surface area contributed by atoms with Gasteiger partial charge in [0.1, 0.15) is 24.5 Å². The molecule has 1 N–H and O–H groups in total. The summed E-state index contributed by atoms with van der Waals surface area (Å²) in [6.07, 6.45) is -1.42. The van der Waals surface area contributed by atoms with Gasteiger partial charge in [0.2, 0.25) is 5.88 Å². The molecule has 2 aromatic carbocycles. The van der Waals surface area contributed by atoms with Crippen molar-refractivity contribution in [1.29, 1.82) is 0 Å². The van der Waals surface area contributed by atoms with Crippen LogP contribution >= 0.6 is 0 Å². The fourth-order valence-electron chi connectivity index (χ4n) is 3.17. The molecule has 4 rings (SSSR count). The Morgan fingerprint density at radius 3 is 2.58 bits per heavy atom. The van der Waals surface area contributed by atoms with Crippen LogP contribution in [-0.2, 0) is 27.1 Å². The van der Waals surface area contributed by atoms with E-state index in [4.69, 9.17) is 4.74 Å². The first kappa shape index (κ1) is 25.1. The maximum atomic E-state index is 13.5. The molecule has 188 valence electrons. The molecule has 0 aliphatic carbocycles. The summed E-state index contributed by atoms with van der Waals surface area (Å²) in [4.78, 5) is 20.5. The van der Waals surface area contributed by atoms with Crippen LogP contribution < -0.4 is 10.1 Å². The third-order valence-electron chi connectivity index (χ3n) is 4.75. The van der Waals surface area contributed by atoms with Gasteiger partial charge in [-0.1, -0.05) is 0 Å². The summed E-state index contributed by atoms with van der Waals surface area (Å²) in [6, 6.07) is 9.05. The standard InChI is InChI=1S/C22H16F4N4O5S/c1-36(32,33)34-11-15-10-20(28-12-27-15)35-16-3-5-19-13(8-16)6-7-30(19)21(31)29-14-2-4-18(23)17(9-14)22(24,25)26/h2-10,12H,11H2,1H3,(H,29,31). The molecule has 1 amide bonds. The number of nitrogens with one attached hydrogen (secondary N) is 1. The van der Waals surface area contributed by atoms with E-state index < -0.39 is 33.7 Å². The van der Waals surface area contributed by atoms with Gasteiger partial charge in [-0.25, -0.2) is 19.2 Å². The highest BCUT2D eigenvalue weighted by atomic mass is 32.2. The molecule has 0 fully saturated rings. The van der Waals surface area contributed by atoms with Gasteiger partial charge in [-0.05, 0) is 42.5 Å². The van der Waals surface area contributed by atoms with Crippen LogP contribution in [0.4, 0.5) is 28.0 Å². The van der Waals surface area contributed by atoms with Crippen molar-refractivity contribution in [1.82, 2.24) is 14.5 Å². The minimum absolute atomic E-state index is 0.116. The van der Waals surface area contributed by atoms with Crippen molar-refractivity contribution < 1.29 is 39.7 Å². The minimum atomic E-state index is -4.91. The van der Waals surface area contributed by atoms with Gasteiger partial charge in [0, 0.05) is 23.3 Å². The topological polar surface area (TPSA) is 112 Å². The highest BCUT2D eigenvalue weighted by molar-refractivity contribution is 7.85. The molecule has 9 nitrogen and oxygen atoms in total. The summed E-state index contributed by atoms with van der Waals surface area (Å²) in [6.45, 7) is -0.298. The molecule has 36 heavy (non-hydrogen) atoms. The van der Waals surface area contributed by atoms with Gasteiger partial charge < -0.3 is 10.1 Å². The molecule has 0 aliphatic rings. The smallest absolute Gasteiger partial charge is 0.419 e. The van der Waals surface area contributed by atoms with Crippen LogP contribution in [0.3, 0.4) is 0 Å². The number of fused-ring (bicyclic) bond motifs is 1. The van der Waals surface area contributed by atoms with E-state index in [-0.39, 0.29) is 23.9 Å². The Morgan fingerprint density at radius 1 is 1.08 bits per heavy atom. The molecule has 14 heteroatoms. The fraction of sp³-hybridized carbons (Fsp3) is 0.136. The molecule has 0 radical (unpaired) electrons. The second-order valence-electron chi connectivity index (χ2n) is 7.44. The molecule has 0 saturated heterocycles. The third-order valence-corrected chi connectivity index (χ3v) is 5.29. The number of benzene rings is 2. The van der Waals surface area contributed by atoms with Crippen molar-refractivity contribution in [2.75, 3.05) is 11.6 Å². The summed E-state index contributed by atoms with van der Waals surface area (Å²) in [5, 5.41) is 2.88. The number of hydrogen-bond donors (Lipinski definition) is 1. The van der Waals surface area contributed by atoms with Crippen molar-refractivity contribution >= 4 is 32.7 Å². The quantitative estimate of drug-likeness (QED) is 0.281. The lowest BCUT2D eigenvalue weighted by atomic mass is 10.2. The van der Waals surface area contributed by atoms with Gasteiger partial charge in [-0.3, -0.25) is 8.75 Å². The number of ether oxygens (including phenoxy) is 1. The van der Waals surface area contributed by atoms with E-state index in [9.17, 15) is 30.8 Å². The minimum Gasteiger partial charge on any atom is -0.439 e. The normalized spacial score (nSPS) is 12.0. The Balaban J connectivity index is 1.50. The average Bonchev–Trinajstić information content (AvgIpc) is 3.21. The zero-order valence-corrected chi connectivity index (χ0v) is 19.1. The van der Waals surface area contributed by atoms with Crippen molar-refractivity contribution in [3.63, 3.8) is 0 Å². The highest BCUT2D eigenvalue weighted by Crippen LogP contribution is 2.33. The average molecular weight is 524 g/mol. The second kappa shape index (κ2) is 9.54. The lowest BCUT2D eigenvalue weighted by Gasteiger charge is -2.12. The van der Waals surface area contributed by atoms with E-state index in [1.807, 2.05) is 0 Å². The number of carbonyl (C=O) groups is 1. The van der Waals surface area contributed by atoms with Crippen LogP contribution in [-0.4, -0.2) is 35.2 Å². The van der Waals surface area contributed by atoms with Crippen LogP contribution in [0.2, 0.25) is 0 Å². The van der Waals surface area contributed by atoms with E-state index >= 15 is 0 Å². The molecule has 4 aromatic rings. The van der Waals surface area contributed by atoms with Crippen LogP contribution in [0, 0.1) is 5.82 Å². The SMILES string of the molecule is CS(=O)(=O)OCc1cc(Oc2ccc3c(ccn3C(=O)Nc3ccc(F)c(C(F)(F)F)c3)c2)ncn1. The van der Waals surface area contributed by atoms with Crippen molar-refractivity contribution in [2.45, 2.75) is 12.8 Å². The van der Waals surface area contributed by atoms with Crippen molar-refractivity contribution in [2.24, 2.45) is 0 Å². The number of aromatic nitrogens is 3. The van der Waals surface area contributed by atoms with Crippen molar-refractivity contribution in [3.8, 4) is 11.6 Å². The fourth-order valence-corrected chi connectivity index (χ4v) is 3.50. The first-order valence-corrected chi connectivity index (χ1v) is 11.8. The summed E-state index contributed by atoms with van der Waals surface area (Å²) in [7, 11) is -3.66. The molecular formula is C22H16F4N4O5S. The molecule has 0 atom stereocenters. The number of anilines is 1. The predicted molar refractivity (Wildman–Crippen MR) is 119 cm³/mol. The number of carbonyl (C=O) groups excluding carboxylic acids is 1. The number of hydrogen-bond acceptors (Lipinski definition) is 7. The van der Waals surface area contributed by atoms with E-state index in [0.29, 0.717) is 28.8 Å². The highest BCUT2D eigenvalue weighted by Gasteiger charge is 2.34. The molecule has 0 spiro atoms. The van der Waals surface area contributed by atoms with Crippen LogP contribution in [0.1, 0.15) is 11.3 Å². The molecule has 2 aromatic heterocycles. The van der Waals surface area contributed by atoms with Gasteiger partial charge >= 0.3 is 12.2 Å². The van der Waals surface area contributed by atoms with Gasteiger partial charge in [0.15, 0.2) is 0 Å². The Labute approximate surface area is 201 Å². The predicted octanol–water partition coefficient (Wildman–Crippen LogP) is 4.94. The van der Waals surface area contributed by atoms with Crippen LogP contribution in [0.25, 0.3) is 10.9 Å².